The molecule has 138 valence electrons. The Balaban J connectivity index is 1.72. The van der Waals surface area contributed by atoms with Gasteiger partial charge in [-0.2, -0.15) is 0 Å². The minimum atomic E-state index is -1.68. The summed E-state index contributed by atoms with van der Waals surface area (Å²) >= 11 is 5.69. The number of pyridine rings is 1. The van der Waals surface area contributed by atoms with Gasteiger partial charge >= 0.3 is 0 Å². The normalized spacial score (nSPS) is 10.6. The van der Waals surface area contributed by atoms with Crippen LogP contribution >= 0.6 is 11.6 Å². The summed E-state index contributed by atoms with van der Waals surface area (Å²) in [6.45, 7) is 0. The fourth-order valence-electron chi connectivity index (χ4n) is 2.15. The molecule has 0 spiro atoms. The summed E-state index contributed by atoms with van der Waals surface area (Å²) < 4.78 is 52.9. The van der Waals surface area contributed by atoms with Crippen LogP contribution in [0.4, 0.5) is 34.6 Å². The number of hydrogen-bond donors (Lipinski definition) is 2. The predicted molar refractivity (Wildman–Crippen MR) is 93.2 cm³/mol. The zero-order valence-electron chi connectivity index (χ0n) is 13.4. The summed E-state index contributed by atoms with van der Waals surface area (Å²) in [5, 5.41) is 4.97. The Hall–Kier alpha value is -3.13. The van der Waals surface area contributed by atoms with E-state index in [0.29, 0.717) is 17.4 Å². The molecule has 0 aliphatic rings. The van der Waals surface area contributed by atoms with E-state index in [1.165, 1.54) is 36.5 Å². The van der Waals surface area contributed by atoms with Gasteiger partial charge in [0, 0.05) is 5.69 Å². The predicted octanol–water partition coefficient (Wildman–Crippen LogP) is 5.29. The molecular formula is C18H10ClF4N3O. The highest BCUT2D eigenvalue weighted by atomic mass is 35.5. The third kappa shape index (κ3) is 4.17. The second-order valence-electron chi connectivity index (χ2n) is 5.36. The molecule has 27 heavy (non-hydrogen) atoms. The highest BCUT2D eigenvalue weighted by molar-refractivity contribution is 6.31. The maximum Gasteiger partial charge on any atom is 0.274 e. The van der Waals surface area contributed by atoms with Crippen molar-refractivity contribution in [3.63, 3.8) is 0 Å². The van der Waals surface area contributed by atoms with Gasteiger partial charge in [-0.15, -0.1) is 0 Å². The zero-order chi connectivity index (χ0) is 19.6. The summed E-state index contributed by atoms with van der Waals surface area (Å²) in [5.74, 6) is -5.92. The molecule has 1 aromatic heterocycles. The topological polar surface area (TPSA) is 54.0 Å². The molecule has 0 fully saturated rings. The van der Waals surface area contributed by atoms with Crippen molar-refractivity contribution in [3.05, 3.63) is 82.6 Å². The monoisotopic (exact) mass is 395 g/mol. The lowest BCUT2D eigenvalue weighted by Crippen LogP contribution is -2.15. The number of carbonyl (C=O) groups is 1. The Bertz CT molecular complexity index is 1010. The van der Waals surface area contributed by atoms with Crippen molar-refractivity contribution >= 4 is 34.6 Å². The second-order valence-corrected chi connectivity index (χ2v) is 5.77. The Labute approximate surface area is 155 Å². The third-order valence-electron chi connectivity index (χ3n) is 3.49. The number of anilines is 3. The minimum absolute atomic E-state index is 0.0579. The largest absolute Gasteiger partial charge is 0.354 e. The molecule has 0 bridgehead atoms. The Kier molecular flexibility index (Phi) is 5.27. The van der Waals surface area contributed by atoms with Crippen LogP contribution in [-0.2, 0) is 0 Å². The van der Waals surface area contributed by atoms with E-state index in [0.717, 1.165) is 6.07 Å². The Morgan fingerprint density at radius 3 is 2.26 bits per heavy atom. The first-order chi connectivity index (χ1) is 12.8. The number of rotatable bonds is 4. The summed E-state index contributed by atoms with van der Waals surface area (Å²) in [4.78, 5) is 16.0. The maximum absolute atomic E-state index is 13.6. The molecular weight excluding hydrogens is 386 g/mol. The Morgan fingerprint density at radius 1 is 0.889 bits per heavy atom. The second kappa shape index (κ2) is 7.63. The molecule has 3 rings (SSSR count). The molecule has 0 radical (unpaired) electrons. The van der Waals surface area contributed by atoms with Gasteiger partial charge in [-0.25, -0.2) is 22.5 Å². The quantitative estimate of drug-likeness (QED) is 0.466. The average molecular weight is 396 g/mol. The number of nitrogens with one attached hydrogen (secondary N) is 2. The van der Waals surface area contributed by atoms with E-state index >= 15 is 0 Å². The van der Waals surface area contributed by atoms with Crippen molar-refractivity contribution in [3.8, 4) is 0 Å². The van der Waals surface area contributed by atoms with Crippen LogP contribution in [0.3, 0.4) is 0 Å². The van der Waals surface area contributed by atoms with E-state index in [4.69, 9.17) is 11.6 Å². The van der Waals surface area contributed by atoms with Gasteiger partial charge in [0.15, 0.2) is 17.5 Å². The molecule has 0 unspecified atom stereocenters. The lowest BCUT2D eigenvalue weighted by Gasteiger charge is -2.09. The van der Waals surface area contributed by atoms with Gasteiger partial charge in [0.1, 0.15) is 11.5 Å². The Morgan fingerprint density at radius 2 is 1.59 bits per heavy atom. The van der Waals surface area contributed by atoms with Crippen LogP contribution in [0.15, 0.2) is 48.7 Å². The fraction of sp³-hybridized carbons (Fsp3) is 0. The molecule has 9 heteroatoms. The summed E-state index contributed by atoms with van der Waals surface area (Å²) in [6.07, 6.45) is 1.31. The fourth-order valence-corrected chi connectivity index (χ4v) is 2.33. The molecule has 4 nitrogen and oxygen atoms in total. The van der Waals surface area contributed by atoms with Crippen molar-refractivity contribution in [1.29, 1.82) is 0 Å². The molecule has 2 aromatic carbocycles. The minimum Gasteiger partial charge on any atom is -0.354 e. The van der Waals surface area contributed by atoms with Crippen LogP contribution in [-0.4, -0.2) is 10.9 Å². The first kappa shape index (κ1) is 18.7. The molecule has 1 amide bonds. The van der Waals surface area contributed by atoms with Gasteiger partial charge in [-0.05, 0) is 42.5 Å². The SMILES string of the molecule is O=C(Nc1ccc(F)c(F)c1F)c1ccc(Nc2ccc(F)c(Cl)c2)cn1. The average Bonchev–Trinajstić information content (AvgIpc) is 2.66. The maximum atomic E-state index is 13.6. The van der Waals surface area contributed by atoms with E-state index in [1.807, 2.05) is 0 Å². The molecule has 1 heterocycles. The number of aromatic nitrogens is 1. The van der Waals surface area contributed by atoms with Crippen molar-refractivity contribution < 1.29 is 22.4 Å². The molecule has 2 N–H and O–H groups in total. The summed E-state index contributed by atoms with van der Waals surface area (Å²) in [7, 11) is 0. The van der Waals surface area contributed by atoms with Crippen LogP contribution in [0.5, 0.6) is 0 Å². The van der Waals surface area contributed by atoms with Gasteiger partial charge in [0.2, 0.25) is 0 Å². The number of hydrogen-bond acceptors (Lipinski definition) is 3. The molecule has 0 saturated heterocycles. The zero-order valence-corrected chi connectivity index (χ0v) is 14.1. The summed E-state index contributed by atoms with van der Waals surface area (Å²) in [5.41, 5.74) is 0.392. The van der Waals surface area contributed by atoms with Gasteiger partial charge in [0.05, 0.1) is 22.6 Å². The number of nitrogens with zero attached hydrogens (tertiary/aromatic N) is 1. The van der Waals surface area contributed by atoms with Crippen LogP contribution in [0.1, 0.15) is 10.5 Å². The van der Waals surface area contributed by atoms with Crippen LogP contribution in [0.2, 0.25) is 5.02 Å². The number of amides is 1. The molecule has 0 aliphatic heterocycles. The standard InChI is InChI=1S/C18H10ClF4N3O/c19-11-7-9(1-3-12(11)20)25-10-2-5-15(24-8-10)18(27)26-14-6-4-13(21)16(22)17(14)23/h1-8,25H,(H,26,27). The molecule has 0 saturated carbocycles. The smallest absolute Gasteiger partial charge is 0.274 e. The van der Waals surface area contributed by atoms with Gasteiger partial charge in [0.25, 0.3) is 5.91 Å². The highest BCUT2D eigenvalue weighted by Crippen LogP contribution is 2.23. The lowest BCUT2D eigenvalue weighted by atomic mass is 10.2. The molecule has 0 aliphatic carbocycles. The number of benzene rings is 2. The van der Waals surface area contributed by atoms with Gasteiger partial charge < -0.3 is 10.6 Å². The van der Waals surface area contributed by atoms with Crippen LogP contribution < -0.4 is 10.6 Å². The first-order valence-corrected chi connectivity index (χ1v) is 7.86. The number of halogens is 5. The van der Waals surface area contributed by atoms with Crippen molar-refractivity contribution in [2.45, 2.75) is 0 Å². The third-order valence-corrected chi connectivity index (χ3v) is 3.78. The van der Waals surface area contributed by atoms with Crippen molar-refractivity contribution in [1.82, 2.24) is 4.98 Å². The van der Waals surface area contributed by atoms with Crippen LogP contribution in [0, 0.1) is 23.3 Å². The van der Waals surface area contributed by atoms with E-state index in [2.05, 4.69) is 15.6 Å². The highest BCUT2D eigenvalue weighted by Gasteiger charge is 2.16. The summed E-state index contributed by atoms with van der Waals surface area (Å²) in [6, 6.07) is 8.47. The van der Waals surface area contributed by atoms with Crippen molar-refractivity contribution in [2.75, 3.05) is 10.6 Å². The first-order valence-electron chi connectivity index (χ1n) is 7.48. The van der Waals surface area contributed by atoms with E-state index in [-0.39, 0.29) is 10.7 Å². The van der Waals surface area contributed by atoms with Crippen LogP contribution in [0.25, 0.3) is 0 Å². The molecule has 3 aromatic rings. The van der Waals surface area contributed by atoms with Crippen molar-refractivity contribution in [2.24, 2.45) is 0 Å². The van der Waals surface area contributed by atoms with E-state index in [1.54, 1.807) is 0 Å². The van der Waals surface area contributed by atoms with Gasteiger partial charge in [-0.1, -0.05) is 11.6 Å². The lowest BCUT2D eigenvalue weighted by molar-refractivity contribution is 0.102. The van der Waals surface area contributed by atoms with E-state index in [9.17, 15) is 22.4 Å². The number of carbonyl (C=O) groups excluding carboxylic acids is 1. The molecule has 0 atom stereocenters. The van der Waals surface area contributed by atoms with E-state index < -0.39 is 34.9 Å². The van der Waals surface area contributed by atoms with Gasteiger partial charge in [-0.3, -0.25) is 4.79 Å².